The van der Waals surface area contributed by atoms with Gasteiger partial charge in [-0.15, -0.1) is 0 Å². The molecular formula is C20H20N4O2. The molecule has 1 aliphatic rings. The van der Waals surface area contributed by atoms with Gasteiger partial charge >= 0.3 is 0 Å². The van der Waals surface area contributed by atoms with E-state index in [-0.39, 0.29) is 17.7 Å². The van der Waals surface area contributed by atoms with Crippen molar-refractivity contribution >= 4 is 28.1 Å². The van der Waals surface area contributed by atoms with E-state index in [0.29, 0.717) is 17.3 Å². The van der Waals surface area contributed by atoms with Gasteiger partial charge in [-0.3, -0.25) is 4.79 Å². The molecule has 1 fully saturated rings. The van der Waals surface area contributed by atoms with Gasteiger partial charge in [0.2, 0.25) is 5.88 Å². The first-order valence-electron chi connectivity index (χ1n) is 8.78. The second kappa shape index (κ2) is 7.00. The first-order valence-corrected chi connectivity index (χ1v) is 8.78. The maximum absolute atomic E-state index is 12.4. The molecule has 0 unspecified atom stereocenters. The summed E-state index contributed by atoms with van der Waals surface area (Å²) in [6.45, 7) is 0. The summed E-state index contributed by atoms with van der Waals surface area (Å²) in [5.41, 5.74) is 7.05. The summed E-state index contributed by atoms with van der Waals surface area (Å²) in [5, 5.41) is 4.74. The molecule has 132 valence electrons. The number of carbonyl (C=O) groups is 1. The molecule has 2 heterocycles. The summed E-state index contributed by atoms with van der Waals surface area (Å²) < 4.78 is 6.07. The Bertz CT molecular complexity index is 951. The molecule has 2 aromatic heterocycles. The zero-order valence-electron chi connectivity index (χ0n) is 14.3. The minimum Gasteiger partial charge on any atom is -0.474 e. The molecule has 3 aromatic rings. The number of benzene rings is 1. The highest BCUT2D eigenvalue weighted by atomic mass is 16.5. The van der Waals surface area contributed by atoms with Gasteiger partial charge in [-0.1, -0.05) is 0 Å². The number of rotatable bonds is 4. The molecule has 4 rings (SSSR count). The molecule has 6 nitrogen and oxygen atoms in total. The molecule has 1 aliphatic carbocycles. The van der Waals surface area contributed by atoms with Crippen molar-refractivity contribution in [2.75, 3.05) is 11.1 Å². The van der Waals surface area contributed by atoms with Crippen molar-refractivity contribution < 1.29 is 9.53 Å². The highest BCUT2D eigenvalue weighted by Crippen LogP contribution is 2.30. The fourth-order valence-corrected chi connectivity index (χ4v) is 3.28. The number of anilines is 2. The predicted octanol–water partition coefficient (Wildman–Crippen LogP) is 3.79. The zero-order chi connectivity index (χ0) is 17.9. The largest absolute Gasteiger partial charge is 0.474 e. The first-order chi connectivity index (χ1) is 12.7. The van der Waals surface area contributed by atoms with E-state index in [1.807, 2.05) is 24.3 Å². The molecule has 0 bridgehead atoms. The fraction of sp³-hybridized carbons (Fsp3) is 0.250. The number of pyridine rings is 2. The van der Waals surface area contributed by atoms with Crippen LogP contribution in [0.15, 0.2) is 48.8 Å². The van der Waals surface area contributed by atoms with Gasteiger partial charge in [0.25, 0.3) is 5.91 Å². The van der Waals surface area contributed by atoms with E-state index in [1.54, 1.807) is 24.5 Å². The standard InChI is InChI=1S/C20H20N4O2/c21-17-6-3-10-22-18(17)19(25)24-14-7-8-16-13(12-14)9-11-23-20(16)26-15-4-1-2-5-15/h3,6-12,15H,1-2,4-5,21H2,(H,24,25). The second-order valence-electron chi connectivity index (χ2n) is 6.47. The van der Waals surface area contributed by atoms with E-state index in [2.05, 4.69) is 15.3 Å². The van der Waals surface area contributed by atoms with Crippen molar-refractivity contribution in [3.05, 3.63) is 54.5 Å². The third-order valence-electron chi connectivity index (χ3n) is 4.62. The lowest BCUT2D eigenvalue weighted by Crippen LogP contribution is -2.15. The van der Waals surface area contributed by atoms with Crippen LogP contribution < -0.4 is 15.8 Å². The van der Waals surface area contributed by atoms with E-state index in [4.69, 9.17) is 10.5 Å². The Kier molecular flexibility index (Phi) is 4.39. The zero-order valence-corrected chi connectivity index (χ0v) is 14.3. The number of hydrogen-bond donors (Lipinski definition) is 2. The van der Waals surface area contributed by atoms with E-state index in [0.717, 1.165) is 23.6 Å². The molecule has 0 radical (unpaired) electrons. The average Bonchev–Trinajstić information content (AvgIpc) is 3.15. The van der Waals surface area contributed by atoms with Crippen molar-refractivity contribution in [2.45, 2.75) is 31.8 Å². The Labute approximate surface area is 151 Å². The van der Waals surface area contributed by atoms with Crippen LogP contribution in [0.4, 0.5) is 11.4 Å². The van der Waals surface area contributed by atoms with E-state index in [9.17, 15) is 4.79 Å². The van der Waals surface area contributed by atoms with Crippen molar-refractivity contribution in [3.63, 3.8) is 0 Å². The number of aromatic nitrogens is 2. The normalized spacial score (nSPS) is 14.5. The third kappa shape index (κ3) is 3.31. The molecular weight excluding hydrogens is 328 g/mol. The van der Waals surface area contributed by atoms with E-state index < -0.39 is 0 Å². The average molecular weight is 348 g/mol. The number of ether oxygens (including phenoxy) is 1. The Balaban J connectivity index is 1.58. The molecule has 0 aliphatic heterocycles. The number of nitrogens with zero attached hydrogens (tertiary/aromatic N) is 2. The molecule has 1 aromatic carbocycles. The SMILES string of the molecule is Nc1cccnc1C(=O)Nc1ccc2c(OC3CCCC3)nccc2c1. The molecule has 26 heavy (non-hydrogen) atoms. The van der Waals surface area contributed by atoms with Crippen LogP contribution in [0, 0.1) is 0 Å². The smallest absolute Gasteiger partial charge is 0.276 e. The van der Waals surface area contributed by atoms with Crippen molar-refractivity contribution in [1.29, 1.82) is 0 Å². The van der Waals surface area contributed by atoms with Gasteiger partial charge in [0.05, 0.1) is 5.69 Å². The summed E-state index contributed by atoms with van der Waals surface area (Å²) >= 11 is 0. The number of carbonyl (C=O) groups excluding carboxylic acids is 1. The lowest BCUT2D eigenvalue weighted by atomic mass is 10.1. The molecule has 1 amide bonds. The summed E-state index contributed by atoms with van der Waals surface area (Å²) in [7, 11) is 0. The first kappa shape index (κ1) is 16.3. The quantitative estimate of drug-likeness (QED) is 0.749. The number of fused-ring (bicyclic) bond motifs is 1. The van der Waals surface area contributed by atoms with Crippen LogP contribution in [0.5, 0.6) is 5.88 Å². The monoisotopic (exact) mass is 348 g/mol. The minimum absolute atomic E-state index is 0.215. The van der Waals surface area contributed by atoms with Crippen LogP contribution in [0.25, 0.3) is 10.8 Å². The molecule has 0 saturated heterocycles. The van der Waals surface area contributed by atoms with Gasteiger partial charge in [0.15, 0.2) is 5.69 Å². The van der Waals surface area contributed by atoms with Crippen LogP contribution in [0.1, 0.15) is 36.2 Å². The molecule has 1 saturated carbocycles. The van der Waals surface area contributed by atoms with Gasteiger partial charge < -0.3 is 15.8 Å². The van der Waals surface area contributed by atoms with Crippen LogP contribution in [0.3, 0.4) is 0 Å². The Morgan fingerprint density at radius 1 is 1.12 bits per heavy atom. The summed E-state index contributed by atoms with van der Waals surface area (Å²) in [5.74, 6) is 0.320. The van der Waals surface area contributed by atoms with Gasteiger partial charge in [0, 0.05) is 23.5 Å². The molecule has 0 spiro atoms. The van der Waals surface area contributed by atoms with Gasteiger partial charge in [-0.05, 0) is 67.5 Å². The molecule has 6 heteroatoms. The maximum atomic E-state index is 12.4. The Morgan fingerprint density at radius 3 is 2.77 bits per heavy atom. The maximum Gasteiger partial charge on any atom is 0.276 e. The van der Waals surface area contributed by atoms with Crippen molar-refractivity contribution in [3.8, 4) is 5.88 Å². The molecule has 0 atom stereocenters. The highest BCUT2D eigenvalue weighted by molar-refractivity contribution is 6.07. The lowest BCUT2D eigenvalue weighted by molar-refractivity contribution is 0.102. The number of nitrogens with two attached hydrogens (primary N) is 1. The minimum atomic E-state index is -0.334. The summed E-state index contributed by atoms with van der Waals surface area (Å²) in [6.07, 6.45) is 8.11. The van der Waals surface area contributed by atoms with Crippen LogP contribution in [0.2, 0.25) is 0 Å². The number of nitrogen functional groups attached to an aromatic ring is 1. The summed E-state index contributed by atoms with van der Waals surface area (Å²) in [6, 6.07) is 10.9. The van der Waals surface area contributed by atoms with Gasteiger partial charge in [0.1, 0.15) is 6.10 Å². The topological polar surface area (TPSA) is 90.1 Å². The second-order valence-corrected chi connectivity index (χ2v) is 6.47. The van der Waals surface area contributed by atoms with Gasteiger partial charge in [-0.2, -0.15) is 0 Å². The number of nitrogens with one attached hydrogen (secondary N) is 1. The van der Waals surface area contributed by atoms with Crippen molar-refractivity contribution in [1.82, 2.24) is 9.97 Å². The van der Waals surface area contributed by atoms with E-state index >= 15 is 0 Å². The van der Waals surface area contributed by atoms with Crippen molar-refractivity contribution in [2.24, 2.45) is 0 Å². The van der Waals surface area contributed by atoms with Crippen LogP contribution in [-0.4, -0.2) is 22.0 Å². The number of hydrogen-bond acceptors (Lipinski definition) is 5. The van der Waals surface area contributed by atoms with Crippen LogP contribution in [-0.2, 0) is 0 Å². The van der Waals surface area contributed by atoms with E-state index in [1.165, 1.54) is 12.8 Å². The van der Waals surface area contributed by atoms with Crippen LogP contribution >= 0.6 is 0 Å². The van der Waals surface area contributed by atoms with Gasteiger partial charge in [-0.25, -0.2) is 9.97 Å². The summed E-state index contributed by atoms with van der Waals surface area (Å²) in [4.78, 5) is 20.8. The molecule has 3 N–H and O–H groups in total. The fourth-order valence-electron chi connectivity index (χ4n) is 3.28. The highest BCUT2D eigenvalue weighted by Gasteiger charge is 2.18. The number of amides is 1. The predicted molar refractivity (Wildman–Crippen MR) is 101 cm³/mol. The third-order valence-corrected chi connectivity index (χ3v) is 4.62. The Morgan fingerprint density at radius 2 is 1.96 bits per heavy atom. The lowest BCUT2D eigenvalue weighted by Gasteiger charge is -2.14. The Hall–Kier alpha value is -3.15.